The maximum Gasteiger partial charge on any atom is 0.230 e. The van der Waals surface area contributed by atoms with Crippen molar-refractivity contribution in [2.24, 2.45) is 5.92 Å². The number of hydrogen-bond donors (Lipinski definition) is 0. The zero-order chi connectivity index (χ0) is 13.8. The molecule has 19 heavy (non-hydrogen) atoms. The minimum Gasteiger partial charge on any atom is -0.497 e. The Morgan fingerprint density at radius 1 is 1.16 bits per heavy atom. The molecule has 1 aromatic rings. The van der Waals surface area contributed by atoms with Gasteiger partial charge in [0.25, 0.3) is 0 Å². The van der Waals surface area contributed by atoms with Crippen molar-refractivity contribution in [3.63, 3.8) is 0 Å². The topological polar surface area (TPSA) is 29.5 Å². The van der Waals surface area contributed by atoms with Crippen LogP contribution < -0.4 is 4.74 Å². The second-order valence-electron chi connectivity index (χ2n) is 5.53. The average molecular weight is 261 g/mol. The van der Waals surface area contributed by atoms with Gasteiger partial charge in [0.15, 0.2) is 0 Å². The van der Waals surface area contributed by atoms with Gasteiger partial charge in [0.05, 0.1) is 13.0 Å². The van der Waals surface area contributed by atoms with Gasteiger partial charge in [-0.1, -0.05) is 26.0 Å². The molecule has 1 atom stereocenters. The summed E-state index contributed by atoms with van der Waals surface area (Å²) in [6, 6.07) is 7.89. The lowest BCUT2D eigenvalue weighted by Gasteiger charge is -2.26. The molecule has 2 rings (SSSR count). The van der Waals surface area contributed by atoms with Crippen LogP contribution in [0, 0.1) is 5.92 Å². The standard InChI is InChI=1S/C16H23NO2/c1-12(2)15(16(18)17-10-4-5-11-17)13-6-8-14(19-3)9-7-13/h6-9,12,15H,4-5,10-11H2,1-3H3. The van der Waals surface area contributed by atoms with E-state index in [0.29, 0.717) is 5.92 Å². The summed E-state index contributed by atoms with van der Waals surface area (Å²) in [5.41, 5.74) is 1.09. The first-order valence-electron chi connectivity index (χ1n) is 7.06. The third-order valence-corrected chi connectivity index (χ3v) is 3.83. The zero-order valence-corrected chi connectivity index (χ0v) is 12.1. The minimum atomic E-state index is -0.0380. The van der Waals surface area contributed by atoms with E-state index >= 15 is 0 Å². The number of methoxy groups -OCH3 is 1. The Bertz CT molecular complexity index is 419. The van der Waals surface area contributed by atoms with E-state index in [1.807, 2.05) is 29.2 Å². The van der Waals surface area contributed by atoms with E-state index < -0.39 is 0 Å². The summed E-state index contributed by atoms with van der Waals surface area (Å²) in [4.78, 5) is 14.6. The zero-order valence-electron chi connectivity index (χ0n) is 12.1. The first kappa shape index (κ1) is 13.9. The van der Waals surface area contributed by atoms with E-state index in [4.69, 9.17) is 4.74 Å². The maximum absolute atomic E-state index is 12.6. The van der Waals surface area contributed by atoms with Gasteiger partial charge in [-0.2, -0.15) is 0 Å². The smallest absolute Gasteiger partial charge is 0.230 e. The van der Waals surface area contributed by atoms with Crippen LogP contribution in [0.15, 0.2) is 24.3 Å². The van der Waals surface area contributed by atoms with Crippen molar-refractivity contribution in [2.45, 2.75) is 32.6 Å². The molecule has 1 aliphatic heterocycles. The van der Waals surface area contributed by atoms with Gasteiger partial charge in [-0.25, -0.2) is 0 Å². The first-order chi connectivity index (χ1) is 9.13. The molecule has 1 fully saturated rings. The summed E-state index contributed by atoms with van der Waals surface area (Å²) in [7, 11) is 1.66. The summed E-state index contributed by atoms with van der Waals surface area (Å²) in [5.74, 6) is 1.38. The molecule has 1 saturated heterocycles. The van der Waals surface area contributed by atoms with Crippen LogP contribution >= 0.6 is 0 Å². The monoisotopic (exact) mass is 261 g/mol. The minimum absolute atomic E-state index is 0.0380. The highest BCUT2D eigenvalue weighted by Gasteiger charge is 2.29. The fourth-order valence-corrected chi connectivity index (χ4v) is 2.76. The third-order valence-electron chi connectivity index (χ3n) is 3.83. The molecule has 0 N–H and O–H groups in total. The molecule has 1 aromatic carbocycles. The number of carbonyl (C=O) groups excluding carboxylic acids is 1. The van der Waals surface area contributed by atoms with Crippen LogP contribution in [-0.4, -0.2) is 31.0 Å². The summed E-state index contributed by atoms with van der Waals surface area (Å²) in [5, 5.41) is 0. The van der Waals surface area contributed by atoms with Crippen LogP contribution in [0.5, 0.6) is 5.75 Å². The Morgan fingerprint density at radius 3 is 2.21 bits per heavy atom. The molecular formula is C16H23NO2. The van der Waals surface area contributed by atoms with Crippen molar-refractivity contribution in [2.75, 3.05) is 20.2 Å². The average Bonchev–Trinajstić information content (AvgIpc) is 2.93. The number of amides is 1. The number of benzene rings is 1. The summed E-state index contributed by atoms with van der Waals surface area (Å²) < 4.78 is 5.17. The number of likely N-dealkylation sites (tertiary alicyclic amines) is 1. The molecule has 0 saturated carbocycles. The Balaban J connectivity index is 2.20. The van der Waals surface area contributed by atoms with Crippen molar-refractivity contribution in [3.05, 3.63) is 29.8 Å². The fraction of sp³-hybridized carbons (Fsp3) is 0.562. The number of rotatable bonds is 4. The molecule has 0 spiro atoms. The van der Waals surface area contributed by atoms with Crippen LogP contribution in [0.1, 0.15) is 38.2 Å². The Labute approximate surface area is 115 Å². The van der Waals surface area contributed by atoms with E-state index in [1.54, 1.807) is 7.11 Å². The second-order valence-corrected chi connectivity index (χ2v) is 5.53. The fourth-order valence-electron chi connectivity index (χ4n) is 2.76. The van der Waals surface area contributed by atoms with Gasteiger partial charge in [0.1, 0.15) is 5.75 Å². The van der Waals surface area contributed by atoms with E-state index in [1.165, 1.54) is 0 Å². The Morgan fingerprint density at radius 2 is 1.74 bits per heavy atom. The normalized spacial score (nSPS) is 16.7. The van der Waals surface area contributed by atoms with Gasteiger partial charge in [-0.05, 0) is 36.5 Å². The quantitative estimate of drug-likeness (QED) is 0.833. The molecule has 0 aliphatic carbocycles. The van der Waals surface area contributed by atoms with Gasteiger partial charge >= 0.3 is 0 Å². The summed E-state index contributed by atoms with van der Waals surface area (Å²) in [6.07, 6.45) is 2.28. The van der Waals surface area contributed by atoms with Gasteiger partial charge in [-0.15, -0.1) is 0 Å². The van der Waals surface area contributed by atoms with Crippen molar-refractivity contribution in [3.8, 4) is 5.75 Å². The molecule has 3 nitrogen and oxygen atoms in total. The Kier molecular flexibility index (Phi) is 4.46. The molecule has 104 valence electrons. The third kappa shape index (κ3) is 3.09. The van der Waals surface area contributed by atoms with Gasteiger partial charge in [0.2, 0.25) is 5.91 Å². The SMILES string of the molecule is COc1ccc(C(C(=O)N2CCCC2)C(C)C)cc1. The van der Waals surface area contributed by atoms with E-state index in [9.17, 15) is 4.79 Å². The number of carbonyl (C=O) groups is 1. The predicted octanol–water partition coefficient (Wildman–Crippen LogP) is 3.06. The largest absolute Gasteiger partial charge is 0.497 e. The van der Waals surface area contributed by atoms with Crippen LogP contribution in [-0.2, 0) is 4.79 Å². The van der Waals surface area contributed by atoms with Gasteiger partial charge in [-0.3, -0.25) is 4.79 Å². The molecular weight excluding hydrogens is 238 g/mol. The second kappa shape index (κ2) is 6.09. The van der Waals surface area contributed by atoms with Crippen molar-refractivity contribution in [1.82, 2.24) is 4.90 Å². The van der Waals surface area contributed by atoms with Crippen LogP contribution in [0.3, 0.4) is 0 Å². The lowest BCUT2D eigenvalue weighted by Crippen LogP contribution is -2.34. The van der Waals surface area contributed by atoms with E-state index in [0.717, 1.165) is 37.2 Å². The molecule has 0 aromatic heterocycles. The lowest BCUT2D eigenvalue weighted by molar-refractivity contribution is -0.132. The number of hydrogen-bond acceptors (Lipinski definition) is 2. The van der Waals surface area contributed by atoms with Gasteiger partial charge in [0, 0.05) is 13.1 Å². The summed E-state index contributed by atoms with van der Waals surface area (Å²) >= 11 is 0. The van der Waals surface area contributed by atoms with Crippen LogP contribution in [0.25, 0.3) is 0 Å². The molecule has 1 heterocycles. The predicted molar refractivity (Wildman–Crippen MR) is 76.4 cm³/mol. The molecule has 0 radical (unpaired) electrons. The number of nitrogens with zero attached hydrogens (tertiary/aromatic N) is 1. The first-order valence-corrected chi connectivity index (χ1v) is 7.06. The van der Waals surface area contributed by atoms with Gasteiger partial charge < -0.3 is 9.64 Å². The highest BCUT2D eigenvalue weighted by molar-refractivity contribution is 5.84. The molecule has 1 aliphatic rings. The molecule has 1 amide bonds. The van der Waals surface area contributed by atoms with E-state index in [2.05, 4.69) is 13.8 Å². The molecule has 1 unspecified atom stereocenters. The lowest BCUT2D eigenvalue weighted by atomic mass is 9.87. The number of ether oxygens (including phenoxy) is 1. The van der Waals surface area contributed by atoms with Crippen molar-refractivity contribution >= 4 is 5.91 Å². The maximum atomic E-state index is 12.6. The molecule has 0 bridgehead atoms. The highest BCUT2D eigenvalue weighted by Crippen LogP contribution is 2.29. The Hall–Kier alpha value is -1.51. The van der Waals surface area contributed by atoms with Crippen LogP contribution in [0.4, 0.5) is 0 Å². The van der Waals surface area contributed by atoms with E-state index in [-0.39, 0.29) is 11.8 Å². The van der Waals surface area contributed by atoms with Crippen molar-refractivity contribution < 1.29 is 9.53 Å². The summed E-state index contributed by atoms with van der Waals surface area (Å²) in [6.45, 7) is 6.06. The highest BCUT2D eigenvalue weighted by atomic mass is 16.5. The van der Waals surface area contributed by atoms with Crippen LogP contribution in [0.2, 0.25) is 0 Å². The van der Waals surface area contributed by atoms with Crippen molar-refractivity contribution in [1.29, 1.82) is 0 Å². The molecule has 3 heteroatoms.